The van der Waals surface area contributed by atoms with Gasteiger partial charge in [0, 0.05) is 53.8 Å². The standard InChI is InChI=1S/C14H19ClN2O3S/c1-19-12-8-10-11(9-13(12)20-2)17(6-7-21(3)18)14(16-10)4-5-15/h8-9H,4-7H2,1-3H3. The molecule has 116 valence electrons. The first kappa shape index (κ1) is 16.1. The third kappa shape index (κ3) is 3.49. The van der Waals surface area contributed by atoms with Gasteiger partial charge in [0.1, 0.15) is 5.82 Å². The van der Waals surface area contributed by atoms with E-state index in [1.807, 2.05) is 12.1 Å². The number of benzene rings is 1. The lowest BCUT2D eigenvalue weighted by molar-refractivity contribution is 0.355. The van der Waals surface area contributed by atoms with Crippen molar-refractivity contribution in [1.82, 2.24) is 9.55 Å². The van der Waals surface area contributed by atoms with Crippen molar-refractivity contribution in [2.45, 2.75) is 13.0 Å². The first-order chi connectivity index (χ1) is 10.1. The Morgan fingerprint density at radius 1 is 1.29 bits per heavy atom. The molecule has 0 N–H and O–H groups in total. The Hall–Kier alpha value is -1.27. The van der Waals surface area contributed by atoms with Crippen LogP contribution in [0.2, 0.25) is 0 Å². The van der Waals surface area contributed by atoms with E-state index in [0.717, 1.165) is 16.9 Å². The molecule has 0 saturated heterocycles. The largest absolute Gasteiger partial charge is 0.493 e. The minimum Gasteiger partial charge on any atom is -0.493 e. The van der Waals surface area contributed by atoms with Gasteiger partial charge in [-0.25, -0.2) is 4.98 Å². The van der Waals surface area contributed by atoms with Crippen molar-refractivity contribution < 1.29 is 13.7 Å². The number of nitrogens with zero attached hydrogens (tertiary/aromatic N) is 2. The zero-order chi connectivity index (χ0) is 15.4. The summed E-state index contributed by atoms with van der Waals surface area (Å²) in [5.41, 5.74) is 1.77. The van der Waals surface area contributed by atoms with Crippen molar-refractivity contribution in [3.8, 4) is 11.5 Å². The maximum absolute atomic E-state index is 11.4. The van der Waals surface area contributed by atoms with Gasteiger partial charge in [-0.3, -0.25) is 4.21 Å². The second kappa shape index (κ2) is 7.13. The first-order valence-electron chi connectivity index (χ1n) is 6.57. The lowest BCUT2D eigenvalue weighted by atomic mass is 10.2. The molecule has 1 aromatic heterocycles. The molecule has 0 saturated carbocycles. The fraction of sp³-hybridized carbons (Fsp3) is 0.500. The fourth-order valence-electron chi connectivity index (χ4n) is 2.25. The lowest BCUT2D eigenvalue weighted by Crippen LogP contribution is -2.10. The number of fused-ring (bicyclic) bond motifs is 1. The zero-order valence-corrected chi connectivity index (χ0v) is 14.0. The summed E-state index contributed by atoms with van der Waals surface area (Å²) in [5, 5.41) is 0. The second-order valence-electron chi connectivity index (χ2n) is 4.59. The highest BCUT2D eigenvalue weighted by atomic mass is 35.5. The summed E-state index contributed by atoms with van der Waals surface area (Å²) in [4.78, 5) is 4.61. The molecule has 1 aromatic carbocycles. The van der Waals surface area contributed by atoms with Gasteiger partial charge < -0.3 is 14.0 Å². The van der Waals surface area contributed by atoms with Crippen LogP contribution in [0, 0.1) is 0 Å². The van der Waals surface area contributed by atoms with E-state index in [0.29, 0.717) is 36.1 Å². The minimum absolute atomic E-state index is 0.493. The highest BCUT2D eigenvalue weighted by Gasteiger charge is 2.15. The summed E-state index contributed by atoms with van der Waals surface area (Å²) in [7, 11) is 2.34. The first-order valence-corrected chi connectivity index (χ1v) is 8.84. The molecule has 0 amide bonds. The monoisotopic (exact) mass is 330 g/mol. The van der Waals surface area contributed by atoms with E-state index in [2.05, 4.69) is 9.55 Å². The number of alkyl halides is 1. The molecule has 1 atom stereocenters. The molecule has 0 aliphatic carbocycles. The van der Waals surface area contributed by atoms with Crippen molar-refractivity contribution in [1.29, 1.82) is 0 Å². The lowest BCUT2D eigenvalue weighted by Gasteiger charge is -2.10. The van der Waals surface area contributed by atoms with E-state index < -0.39 is 10.8 Å². The summed E-state index contributed by atoms with van der Waals surface area (Å²) in [5.74, 6) is 3.26. The van der Waals surface area contributed by atoms with Crippen LogP contribution in [0.5, 0.6) is 11.5 Å². The van der Waals surface area contributed by atoms with Crippen LogP contribution in [0.4, 0.5) is 0 Å². The van der Waals surface area contributed by atoms with Gasteiger partial charge >= 0.3 is 0 Å². The van der Waals surface area contributed by atoms with Gasteiger partial charge in [-0.05, 0) is 0 Å². The quantitative estimate of drug-likeness (QED) is 0.730. The van der Waals surface area contributed by atoms with Crippen molar-refractivity contribution in [3.05, 3.63) is 18.0 Å². The Balaban J connectivity index is 2.55. The van der Waals surface area contributed by atoms with Crippen molar-refractivity contribution in [3.63, 3.8) is 0 Å². The van der Waals surface area contributed by atoms with E-state index >= 15 is 0 Å². The minimum atomic E-state index is -0.856. The van der Waals surface area contributed by atoms with E-state index in [1.54, 1.807) is 20.5 Å². The highest BCUT2D eigenvalue weighted by molar-refractivity contribution is 7.84. The van der Waals surface area contributed by atoms with Crippen LogP contribution in [-0.2, 0) is 23.8 Å². The van der Waals surface area contributed by atoms with Crippen LogP contribution >= 0.6 is 11.6 Å². The Morgan fingerprint density at radius 3 is 2.52 bits per heavy atom. The molecule has 1 heterocycles. The van der Waals surface area contributed by atoms with Crippen LogP contribution in [0.15, 0.2) is 12.1 Å². The van der Waals surface area contributed by atoms with Crippen molar-refractivity contribution >= 4 is 33.4 Å². The second-order valence-corrected chi connectivity index (χ2v) is 6.52. The maximum atomic E-state index is 11.4. The van der Waals surface area contributed by atoms with Gasteiger partial charge in [0.2, 0.25) is 0 Å². The molecule has 0 fully saturated rings. The van der Waals surface area contributed by atoms with Crippen molar-refractivity contribution in [2.24, 2.45) is 0 Å². The van der Waals surface area contributed by atoms with Crippen LogP contribution in [0.3, 0.4) is 0 Å². The summed E-state index contributed by atoms with van der Waals surface area (Å²) in [6, 6.07) is 3.75. The Kier molecular flexibility index (Phi) is 5.47. The van der Waals surface area contributed by atoms with E-state index in [1.165, 1.54) is 0 Å². The summed E-state index contributed by atoms with van der Waals surface area (Å²) < 4.78 is 24.1. The van der Waals surface area contributed by atoms with E-state index in [9.17, 15) is 4.21 Å². The number of rotatable bonds is 7. The van der Waals surface area contributed by atoms with Crippen LogP contribution in [0.25, 0.3) is 11.0 Å². The molecule has 21 heavy (non-hydrogen) atoms. The van der Waals surface area contributed by atoms with Gasteiger partial charge in [0.05, 0.1) is 25.3 Å². The normalized spacial score (nSPS) is 12.6. The fourth-order valence-corrected chi connectivity index (χ4v) is 2.86. The topological polar surface area (TPSA) is 53.4 Å². The summed E-state index contributed by atoms with van der Waals surface area (Å²) >= 11 is 5.85. The Bertz CT molecular complexity index is 657. The molecule has 2 rings (SSSR count). The molecule has 0 spiro atoms. The van der Waals surface area contributed by atoms with Gasteiger partial charge in [-0.1, -0.05) is 0 Å². The molecule has 0 aliphatic rings. The number of aryl methyl sites for hydroxylation is 2. The van der Waals surface area contributed by atoms with Gasteiger partial charge in [-0.15, -0.1) is 11.6 Å². The van der Waals surface area contributed by atoms with Crippen LogP contribution in [0.1, 0.15) is 5.82 Å². The predicted molar refractivity (Wildman–Crippen MR) is 86.2 cm³/mol. The van der Waals surface area contributed by atoms with Crippen molar-refractivity contribution in [2.75, 3.05) is 32.1 Å². The molecule has 7 heteroatoms. The average Bonchev–Trinajstić information content (AvgIpc) is 2.80. The molecule has 0 aliphatic heterocycles. The number of methoxy groups -OCH3 is 2. The molecule has 5 nitrogen and oxygen atoms in total. The number of halogens is 1. The summed E-state index contributed by atoms with van der Waals surface area (Å²) in [6.07, 6.45) is 2.36. The number of ether oxygens (including phenoxy) is 2. The molecule has 1 unspecified atom stereocenters. The van der Waals surface area contributed by atoms with E-state index in [4.69, 9.17) is 21.1 Å². The predicted octanol–water partition coefficient (Wildman–Crippen LogP) is 2.21. The Morgan fingerprint density at radius 2 is 1.95 bits per heavy atom. The number of hydrogen-bond donors (Lipinski definition) is 0. The molecular weight excluding hydrogens is 312 g/mol. The maximum Gasteiger partial charge on any atom is 0.163 e. The molecule has 0 radical (unpaired) electrons. The van der Waals surface area contributed by atoms with Gasteiger partial charge in [-0.2, -0.15) is 0 Å². The average molecular weight is 331 g/mol. The molecular formula is C14H19ClN2O3S. The van der Waals surface area contributed by atoms with Gasteiger partial charge in [0.25, 0.3) is 0 Å². The SMILES string of the molecule is COc1cc2nc(CCCl)n(CCS(C)=O)c2cc1OC. The molecule has 0 bridgehead atoms. The number of hydrogen-bond acceptors (Lipinski definition) is 4. The van der Waals surface area contributed by atoms with Crippen LogP contribution < -0.4 is 9.47 Å². The van der Waals surface area contributed by atoms with Crippen LogP contribution in [-0.4, -0.2) is 45.9 Å². The summed E-state index contributed by atoms with van der Waals surface area (Å²) in [6.45, 7) is 0.640. The number of imidazole rings is 1. The highest BCUT2D eigenvalue weighted by Crippen LogP contribution is 2.32. The third-order valence-corrected chi connectivity index (χ3v) is 4.20. The third-order valence-electron chi connectivity index (χ3n) is 3.25. The Labute approximate surface area is 131 Å². The molecule has 2 aromatic rings. The number of aromatic nitrogens is 2. The van der Waals surface area contributed by atoms with E-state index in [-0.39, 0.29) is 0 Å². The zero-order valence-electron chi connectivity index (χ0n) is 12.4. The van der Waals surface area contributed by atoms with Gasteiger partial charge in [0.15, 0.2) is 11.5 Å². The smallest absolute Gasteiger partial charge is 0.163 e.